The SMILES string of the molecule is COC(OC)C(C)C(=O)C1CC1(C)C. The average Bonchev–Trinajstić information content (AvgIpc) is 2.76. The molecular formula is C11H20O3. The van der Waals surface area contributed by atoms with E-state index in [0.717, 1.165) is 6.42 Å². The molecule has 0 aliphatic heterocycles. The van der Waals surface area contributed by atoms with Gasteiger partial charge in [0, 0.05) is 20.1 Å². The second kappa shape index (κ2) is 3.99. The van der Waals surface area contributed by atoms with Crippen LogP contribution in [0.4, 0.5) is 0 Å². The van der Waals surface area contributed by atoms with Crippen molar-refractivity contribution in [1.82, 2.24) is 0 Å². The first-order valence-electron chi connectivity index (χ1n) is 5.03. The highest BCUT2D eigenvalue weighted by Crippen LogP contribution is 2.53. The quantitative estimate of drug-likeness (QED) is 0.635. The van der Waals surface area contributed by atoms with Gasteiger partial charge in [-0.25, -0.2) is 0 Å². The molecule has 1 rings (SSSR count). The summed E-state index contributed by atoms with van der Waals surface area (Å²) in [6.45, 7) is 6.11. The number of carbonyl (C=O) groups excluding carboxylic acids is 1. The van der Waals surface area contributed by atoms with E-state index < -0.39 is 6.29 Å². The largest absolute Gasteiger partial charge is 0.355 e. The van der Waals surface area contributed by atoms with Crippen LogP contribution in [0.5, 0.6) is 0 Å². The molecule has 0 spiro atoms. The highest BCUT2D eigenvalue weighted by molar-refractivity contribution is 5.86. The van der Waals surface area contributed by atoms with Crippen molar-refractivity contribution in [3.05, 3.63) is 0 Å². The highest BCUT2D eigenvalue weighted by Gasteiger charge is 2.52. The first-order valence-corrected chi connectivity index (χ1v) is 5.03. The zero-order chi connectivity index (χ0) is 10.9. The molecule has 0 bridgehead atoms. The Morgan fingerprint density at radius 2 is 1.79 bits per heavy atom. The molecule has 0 amide bonds. The number of hydrogen-bond donors (Lipinski definition) is 0. The molecule has 2 unspecified atom stereocenters. The van der Waals surface area contributed by atoms with E-state index in [1.165, 1.54) is 0 Å². The van der Waals surface area contributed by atoms with Crippen LogP contribution in [0.25, 0.3) is 0 Å². The smallest absolute Gasteiger partial charge is 0.166 e. The van der Waals surface area contributed by atoms with E-state index in [1.54, 1.807) is 14.2 Å². The summed E-state index contributed by atoms with van der Waals surface area (Å²) in [6, 6.07) is 0. The third-order valence-corrected chi connectivity index (χ3v) is 3.18. The fourth-order valence-electron chi connectivity index (χ4n) is 1.91. The summed E-state index contributed by atoms with van der Waals surface area (Å²) < 4.78 is 10.2. The third kappa shape index (κ3) is 2.15. The molecule has 1 aliphatic rings. The van der Waals surface area contributed by atoms with E-state index in [4.69, 9.17) is 9.47 Å². The second-order valence-corrected chi connectivity index (χ2v) is 4.78. The second-order valence-electron chi connectivity index (χ2n) is 4.78. The van der Waals surface area contributed by atoms with E-state index in [2.05, 4.69) is 13.8 Å². The minimum Gasteiger partial charge on any atom is -0.355 e. The summed E-state index contributed by atoms with van der Waals surface area (Å²) in [5, 5.41) is 0. The van der Waals surface area contributed by atoms with Gasteiger partial charge in [-0.05, 0) is 11.8 Å². The van der Waals surface area contributed by atoms with Crippen molar-refractivity contribution in [1.29, 1.82) is 0 Å². The van der Waals surface area contributed by atoms with E-state index in [1.807, 2.05) is 6.92 Å². The van der Waals surface area contributed by atoms with Gasteiger partial charge >= 0.3 is 0 Å². The first kappa shape index (κ1) is 11.7. The van der Waals surface area contributed by atoms with Crippen LogP contribution in [0.3, 0.4) is 0 Å². The van der Waals surface area contributed by atoms with Crippen molar-refractivity contribution < 1.29 is 14.3 Å². The minimum absolute atomic E-state index is 0.170. The molecular weight excluding hydrogens is 180 g/mol. The standard InChI is InChI=1S/C11H20O3/c1-7(10(13-4)14-5)9(12)8-6-11(8,2)3/h7-8,10H,6H2,1-5H3. The lowest BCUT2D eigenvalue weighted by molar-refractivity contribution is -0.155. The number of hydrogen-bond acceptors (Lipinski definition) is 3. The van der Waals surface area contributed by atoms with Gasteiger partial charge < -0.3 is 9.47 Å². The Morgan fingerprint density at radius 3 is 2.07 bits per heavy atom. The van der Waals surface area contributed by atoms with Crippen LogP contribution in [-0.2, 0) is 14.3 Å². The van der Waals surface area contributed by atoms with Gasteiger partial charge in [0.05, 0.1) is 5.92 Å². The Morgan fingerprint density at radius 1 is 1.36 bits per heavy atom. The van der Waals surface area contributed by atoms with Gasteiger partial charge in [0.25, 0.3) is 0 Å². The maximum atomic E-state index is 11.9. The first-order chi connectivity index (χ1) is 6.44. The molecule has 0 radical (unpaired) electrons. The Balaban J connectivity index is 2.53. The summed E-state index contributed by atoms with van der Waals surface area (Å²) in [6.07, 6.45) is 0.593. The Bertz CT molecular complexity index is 219. The maximum absolute atomic E-state index is 11.9. The lowest BCUT2D eigenvalue weighted by Crippen LogP contribution is -2.30. The average molecular weight is 200 g/mol. The van der Waals surface area contributed by atoms with E-state index in [0.29, 0.717) is 0 Å². The normalized spacial score (nSPS) is 26.3. The van der Waals surface area contributed by atoms with Gasteiger partial charge in [0.2, 0.25) is 0 Å². The van der Waals surface area contributed by atoms with Gasteiger partial charge in [0.15, 0.2) is 6.29 Å². The van der Waals surface area contributed by atoms with Crippen LogP contribution in [-0.4, -0.2) is 26.3 Å². The predicted molar refractivity (Wildman–Crippen MR) is 53.9 cm³/mol. The molecule has 0 heterocycles. The molecule has 14 heavy (non-hydrogen) atoms. The molecule has 82 valence electrons. The van der Waals surface area contributed by atoms with E-state index in [-0.39, 0.29) is 23.0 Å². The van der Waals surface area contributed by atoms with Crippen LogP contribution in [0.2, 0.25) is 0 Å². The number of rotatable bonds is 5. The molecule has 0 aromatic carbocycles. The molecule has 0 saturated heterocycles. The molecule has 0 aromatic rings. The van der Waals surface area contributed by atoms with Crippen LogP contribution >= 0.6 is 0 Å². The predicted octanol–water partition coefficient (Wildman–Crippen LogP) is 1.86. The summed E-state index contributed by atoms with van der Waals surface area (Å²) in [5.74, 6) is 0.297. The minimum atomic E-state index is -0.404. The van der Waals surface area contributed by atoms with Crippen LogP contribution in [0.1, 0.15) is 27.2 Å². The topological polar surface area (TPSA) is 35.5 Å². The summed E-state index contributed by atoms with van der Waals surface area (Å²) in [5.41, 5.74) is 0.192. The van der Waals surface area contributed by atoms with Crippen molar-refractivity contribution >= 4 is 5.78 Å². The molecule has 1 aliphatic carbocycles. The fourth-order valence-corrected chi connectivity index (χ4v) is 1.91. The van der Waals surface area contributed by atoms with Gasteiger partial charge in [-0.1, -0.05) is 20.8 Å². The number of carbonyl (C=O) groups is 1. The van der Waals surface area contributed by atoms with Crippen molar-refractivity contribution in [3.8, 4) is 0 Å². The zero-order valence-corrected chi connectivity index (χ0v) is 9.66. The van der Waals surface area contributed by atoms with Crippen molar-refractivity contribution in [2.24, 2.45) is 17.3 Å². The third-order valence-electron chi connectivity index (χ3n) is 3.18. The van der Waals surface area contributed by atoms with Crippen molar-refractivity contribution in [2.75, 3.05) is 14.2 Å². The number of ketones is 1. The number of methoxy groups -OCH3 is 2. The molecule has 3 heteroatoms. The summed E-state index contributed by atoms with van der Waals surface area (Å²) in [4.78, 5) is 11.9. The molecule has 0 aromatic heterocycles. The lowest BCUT2D eigenvalue weighted by atomic mass is 9.97. The van der Waals surface area contributed by atoms with Gasteiger partial charge in [-0.3, -0.25) is 4.79 Å². The maximum Gasteiger partial charge on any atom is 0.166 e. The van der Waals surface area contributed by atoms with Crippen molar-refractivity contribution in [2.45, 2.75) is 33.5 Å². The number of Topliss-reactive ketones (excluding diaryl/α,β-unsaturated/α-hetero) is 1. The molecule has 0 N–H and O–H groups in total. The molecule has 1 saturated carbocycles. The van der Waals surface area contributed by atoms with Crippen LogP contribution in [0, 0.1) is 17.3 Å². The monoisotopic (exact) mass is 200 g/mol. The zero-order valence-electron chi connectivity index (χ0n) is 9.66. The summed E-state index contributed by atoms with van der Waals surface area (Å²) in [7, 11) is 3.13. The van der Waals surface area contributed by atoms with E-state index >= 15 is 0 Å². The Labute approximate surface area is 85.8 Å². The van der Waals surface area contributed by atoms with Gasteiger partial charge in [0.1, 0.15) is 5.78 Å². The van der Waals surface area contributed by atoms with Crippen molar-refractivity contribution in [3.63, 3.8) is 0 Å². The molecule has 3 nitrogen and oxygen atoms in total. The van der Waals surface area contributed by atoms with Gasteiger partial charge in [-0.2, -0.15) is 0 Å². The number of ether oxygens (including phenoxy) is 2. The van der Waals surface area contributed by atoms with Gasteiger partial charge in [-0.15, -0.1) is 0 Å². The Hall–Kier alpha value is -0.410. The molecule has 1 fully saturated rings. The van der Waals surface area contributed by atoms with Crippen LogP contribution < -0.4 is 0 Å². The fraction of sp³-hybridized carbons (Fsp3) is 0.909. The Kier molecular flexibility index (Phi) is 3.32. The summed E-state index contributed by atoms with van der Waals surface area (Å²) >= 11 is 0. The highest BCUT2D eigenvalue weighted by atomic mass is 16.7. The van der Waals surface area contributed by atoms with E-state index in [9.17, 15) is 4.79 Å². The molecule has 2 atom stereocenters. The van der Waals surface area contributed by atoms with Crippen LogP contribution in [0.15, 0.2) is 0 Å². The lowest BCUT2D eigenvalue weighted by Gasteiger charge is -2.20.